The van der Waals surface area contributed by atoms with Crippen molar-refractivity contribution in [2.24, 2.45) is 11.8 Å². The highest BCUT2D eigenvalue weighted by atomic mass is 16.5. The van der Waals surface area contributed by atoms with Gasteiger partial charge in [0.2, 0.25) is 0 Å². The Kier molecular flexibility index (Phi) is 7.22. The van der Waals surface area contributed by atoms with Gasteiger partial charge in [0.1, 0.15) is 11.5 Å². The van der Waals surface area contributed by atoms with Gasteiger partial charge in [0, 0.05) is 6.04 Å². The van der Waals surface area contributed by atoms with Gasteiger partial charge in [-0.25, -0.2) is 0 Å². The van der Waals surface area contributed by atoms with E-state index in [2.05, 4.69) is 33.0 Å². The predicted molar refractivity (Wildman–Crippen MR) is 89.3 cm³/mol. The van der Waals surface area contributed by atoms with Crippen LogP contribution in [0.5, 0.6) is 11.5 Å². The first-order valence-corrected chi connectivity index (χ1v) is 8.00. The summed E-state index contributed by atoms with van der Waals surface area (Å²) in [6.45, 7) is 10.4. The zero-order chi connectivity index (χ0) is 16.7. The largest absolute Gasteiger partial charge is 0.497 e. The first kappa shape index (κ1) is 18.3. The first-order chi connectivity index (χ1) is 10.4. The SMILES string of the molecule is CC[C@@H](Oc1ccc(OC)cc1)C(=O)NC(C(C)C)C(C)C. The number of hydrogen-bond donors (Lipinski definition) is 1. The van der Waals surface area contributed by atoms with Crippen molar-refractivity contribution in [3.63, 3.8) is 0 Å². The van der Waals surface area contributed by atoms with Crippen LogP contribution in [0.1, 0.15) is 41.0 Å². The van der Waals surface area contributed by atoms with E-state index in [-0.39, 0.29) is 11.9 Å². The van der Waals surface area contributed by atoms with Gasteiger partial charge < -0.3 is 14.8 Å². The number of amides is 1. The van der Waals surface area contributed by atoms with E-state index < -0.39 is 6.10 Å². The van der Waals surface area contributed by atoms with Crippen molar-refractivity contribution in [3.05, 3.63) is 24.3 Å². The monoisotopic (exact) mass is 307 g/mol. The lowest BCUT2D eigenvalue weighted by molar-refractivity contribution is -0.129. The van der Waals surface area contributed by atoms with E-state index in [4.69, 9.17) is 9.47 Å². The second-order valence-electron chi connectivity index (χ2n) is 6.21. The minimum Gasteiger partial charge on any atom is -0.497 e. The van der Waals surface area contributed by atoms with Gasteiger partial charge in [0.15, 0.2) is 6.10 Å². The van der Waals surface area contributed by atoms with Gasteiger partial charge in [-0.2, -0.15) is 0 Å². The molecule has 0 spiro atoms. The fourth-order valence-electron chi connectivity index (χ4n) is 2.50. The Hall–Kier alpha value is -1.71. The summed E-state index contributed by atoms with van der Waals surface area (Å²) in [6.07, 6.45) is 0.147. The molecular weight excluding hydrogens is 278 g/mol. The number of ether oxygens (including phenoxy) is 2. The number of carbonyl (C=O) groups excluding carboxylic acids is 1. The molecule has 4 heteroatoms. The summed E-state index contributed by atoms with van der Waals surface area (Å²) in [4.78, 5) is 12.5. The van der Waals surface area contributed by atoms with Crippen LogP contribution in [0.15, 0.2) is 24.3 Å². The Morgan fingerprint density at radius 3 is 1.95 bits per heavy atom. The van der Waals surface area contributed by atoms with E-state index in [0.29, 0.717) is 24.0 Å². The van der Waals surface area contributed by atoms with Gasteiger partial charge >= 0.3 is 0 Å². The number of nitrogens with one attached hydrogen (secondary N) is 1. The minimum atomic E-state index is -0.478. The summed E-state index contributed by atoms with van der Waals surface area (Å²) >= 11 is 0. The molecule has 0 aliphatic heterocycles. The molecule has 1 N–H and O–H groups in total. The number of methoxy groups -OCH3 is 1. The number of rotatable bonds is 8. The maximum Gasteiger partial charge on any atom is 0.261 e. The second kappa shape index (κ2) is 8.66. The molecule has 1 amide bonds. The van der Waals surface area contributed by atoms with Crippen molar-refractivity contribution in [2.45, 2.75) is 53.2 Å². The number of carbonyl (C=O) groups is 1. The Balaban J connectivity index is 2.71. The van der Waals surface area contributed by atoms with Gasteiger partial charge in [-0.1, -0.05) is 34.6 Å². The van der Waals surface area contributed by atoms with Crippen molar-refractivity contribution in [2.75, 3.05) is 7.11 Å². The lowest BCUT2D eigenvalue weighted by Crippen LogP contribution is -2.48. The van der Waals surface area contributed by atoms with Crippen LogP contribution in [-0.2, 0) is 4.79 Å². The zero-order valence-electron chi connectivity index (χ0n) is 14.6. The maximum absolute atomic E-state index is 12.5. The van der Waals surface area contributed by atoms with Crippen LogP contribution in [0, 0.1) is 11.8 Å². The van der Waals surface area contributed by atoms with Crippen LogP contribution in [-0.4, -0.2) is 25.2 Å². The zero-order valence-corrected chi connectivity index (χ0v) is 14.6. The Bertz CT molecular complexity index is 446. The fraction of sp³-hybridized carbons (Fsp3) is 0.611. The third-order valence-corrected chi connectivity index (χ3v) is 3.75. The molecule has 1 rings (SSSR count). The molecule has 0 heterocycles. The first-order valence-electron chi connectivity index (χ1n) is 8.00. The van der Waals surface area contributed by atoms with Crippen LogP contribution in [0.25, 0.3) is 0 Å². The Morgan fingerprint density at radius 2 is 1.55 bits per heavy atom. The molecule has 4 nitrogen and oxygen atoms in total. The van der Waals surface area contributed by atoms with Gasteiger partial charge in [-0.05, 0) is 42.5 Å². The topological polar surface area (TPSA) is 47.6 Å². The van der Waals surface area contributed by atoms with Crippen molar-refractivity contribution in [1.82, 2.24) is 5.32 Å². The van der Waals surface area contributed by atoms with E-state index >= 15 is 0 Å². The quantitative estimate of drug-likeness (QED) is 0.797. The molecule has 0 bridgehead atoms. The van der Waals surface area contributed by atoms with Gasteiger partial charge in [-0.3, -0.25) is 4.79 Å². The van der Waals surface area contributed by atoms with Crippen molar-refractivity contribution >= 4 is 5.91 Å². The van der Waals surface area contributed by atoms with Crippen LogP contribution >= 0.6 is 0 Å². The molecule has 1 aromatic rings. The van der Waals surface area contributed by atoms with Crippen molar-refractivity contribution in [3.8, 4) is 11.5 Å². The molecule has 0 radical (unpaired) electrons. The molecule has 0 saturated heterocycles. The van der Waals surface area contributed by atoms with Crippen molar-refractivity contribution < 1.29 is 14.3 Å². The van der Waals surface area contributed by atoms with E-state index in [1.807, 2.05) is 31.2 Å². The predicted octanol–water partition coefficient (Wildman–Crippen LogP) is 3.65. The van der Waals surface area contributed by atoms with Crippen LogP contribution < -0.4 is 14.8 Å². The third kappa shape index (κ3) is 5.24. The van der Waals surface area contributed by atoms with Gasteiger partial charge in [0.25, 0.3) is 5.91 Å². The molecule has 0 saturated carbocycles. The standard InChI is InChI=1S/C18H29NO3/c1-7-16(18(20)19-17(12(2)3)13(4)5)22-15-10-8-14(21-6)9-11-15/h8-13,16-17H,7H2,1-6H3,(H,19,20)/t16-/m1/s1. The van der Waals surface area contributed by atoms with E-state index in [9.17, 15) is 4.79 Å². The van der Waals surface area contributed by atoms with Gasteiger partial charge in [-0.15, -0.1) is 0 Å². The second-order valence-corrected chi connectivity index (χ2v) is 6.21. The molecule has 22 heavy (non-hydrogen) atoms. The van der Waals surface area contributed by atoms with E-state index in [1.165, 1.54) is 0 Å². The fourth-order valence-corrected chi connectivity index (χ4v) is 2.50. The van der Waals surface area contributed by atoms with E-state index in [0.717, 1.165) is 5.75 Å². The molecular formula is C18H29NO3. The lowest BCUT2D eigenvalue weighted by atomic mass is 9.93. The summed E-state index contributed by atoms with van der Waals surface area (Å²) in [5.41, 5.74) is 0. The maximum atomic E-state index is 12.5. The summed E-state index contributed by atoms with van der Waals surface area (Å²) in [7, 11) is 1.62. The Morgan fingerprint density at radius 1 is 1.05 bits per heavy atom. The summed E-state index contributed by atoms with van der Waals surface area (Å²) in [5.74, 6) is 2.17. The molecule has 0 aromatic heterocycles. The minimum absolute atomic E-state index is 0.0503. The van der Waals surface area contributed by atoms with Crippen molar-refractivity contribution in [1.29, 1.82) is 0 Å². The van der Waals surface area contributed by atoms with Crippen LogP contribution in [0.2, 0.25) is 0 Å². The molecule has 1 aromatic carbocycles. The summed E-state index contributed by atoms with van der Waals surface area (Å²) in [5, 5.41) is 3.12. The molecule has 0 aliphatic carbocycles. The normalized spacial score (nSPS) is 12.6. The average molecular weight is 307 g/mol. The van der Waals surface area contributed by atoms with E-state index in [1.54, 1.807) is 7.11 Å². The smallest absolute Gasteiger partial charge is 0.261 e. The molecule has 124 valence electrons. The number of hydrogen-bond acceptors (Lipinski definition) is 3. The molecule has 0 aliphatic rings. The van der Waals surface area contributed by atoms with Crippen LogP contribution in [0.3, 0.4) is 0 Å². The van der Waals surface area contributed by atoms with Crippen LogP contribution in [0.4, 0.5) is 0 Å². The molecule has 1 atom stereocenters. The summed E-state index contributed by atoms with van der Waals surface area (Å²) in [6, 6.07) is 7.44. The lowest BCUT2D eigenvalue weighted by Gasteiger charge is -2.28. The summed E-state index contributed by atoms with van der Waals surface area (Å²) < 4.78 is 10.9. The highest BCUT2D eigenvalue weighted by Crippen LogP contribution is 2.19. The molecule has 0 unspecified atom stereocenters. The third-order valence-electron chi connectivity index (χ3n) is 3.75. The number of benzene rings is 1. The highest BCUT2D eigenvalue weighted by Gasteiger charge is 2.25. The highest BCUT2D eigenvalue weighted by molar-refractivity contribution is 5.81. The van der Waals surface area contributed by atoms with Gasteiger partial charge in [0.05, 0.1) is 7.11 Å². The molecule has 0 fully saturated rings. The Labute approximate surface area is 134 Å². The average Bonchev–Trinajstić information content (AvgIpc) is 2.49.